The number of carbonyl (C=O) groups is 1. The summed E-state index contributed by atoms with van der Waals surface area (Å²) in [5.74, 6) is -1.01. The van der Waals surface area contributed by atoms with Crippen LogP contribution in [0.5, 0.6) is 0 Å². The molecule has 2 aromatic rings. The second-order valence-corrected chi connectivity index (χ2v) is 11.6. The van der Waals surface area contributed by atoms with Gasteiger partial charge in [-0.2, -0.15) is 0 Å². The van der Waals surface area contributed by atoms with Crippen LogP contribution < -0.4 is 10.5 Å². The van der Waals surface area contributed by atoms with Crippen LogP contribution in [0.25, 0.3) is 0 Å². The van der Waals surface area contributed by atoms with E-state index in [0.29, 0.717) is 10.7 Å². The van der Waals surface area contributed by atoms with Crippen LogP contribution in [-0.4, -0.2) is 26.1 Å². The van der Waals surface area contributed by atoms with Gasteiger partial charge in [-0.1, -0.05) is 42.5 Å². The highest BCUT2D eigenvalue weighted by Gasteiger charge is 2.19. The van der Waals surface area contributed by atoms with Gasteiger partial charge in [0.05, 0.1) is 31.6 Å². The Bertz CT molecular complexity index is 747. The molecule has 0 saturated carbocycles. The van der Waals surface area contributed by atoms with Crippen molar-refractivity contribution in [1.82, 2.24) is 4.98 Å². The molecule has 0 spiro atoms. The van der Waals surface area contributed by atoms with Gasteiger partial charge in [0, 0.05) is 6.20 Å². The number of rotatable bonds is 4. The molecule has 1 aromatic heterocycles. The molecule has 7 heteroatoms. The van der Waals surface area contributed by atoms with E-state index in [1.807, 2.05) is 6.07 Å². The van der Waals surface area contributed by atoms with Crippen molar-refractivity contribution in [1.29, 1.82) is 0 Å². The molecule has 0 unspecified atom stereocenters. The summed E-state index contributed by atoms with van der Waals surface area (Å²) < 4.78 is 19.0. The summed E-state index contributed by atoms with van der Waals surface area (Å²) in [4.78, 5) is 15.7. The van der Waals surface area contributed by atoms with E-state index < -0.39 is 14.0 Å². The highest BCUT2D eigenvalue weighted by atomic mass is 35.5. The molecule has 0 aliphatic heterocycles. The fraction of sp³-hybridized carbons (Fsp3) is 0.250. The number of ether oxygens (including phenoxy) is 1. The Balaban J connectivity index is 2.40. The molecule has 1 aromatic carbocycles. The predicted octanol–water partition coefficient (Wildman–Crippen LogP) is 3.95. The number of nitrogens with one attached hydrogen (secondary N) is 1. The van der Waals surface area contributed by atoms with Gasteiger partial charge in [-0.15, -0.1) is 0 Å². The lowest BCUT2D eigenvalue weighted by Gasteiger charge is -2.18. The van der Waals surface area contributed by atoms with E-state index >= 15 is 0 Å². The minimum atomic E-state index is -1.60. The largest absolute Gasteiger partial charge is 0.464 e. The van der Waals surface area contributed by atoms with Crippen molar-refractivity contribution in [3.05, 3.63) is 47.0 Å². The van der Waals surface area contributed by atoms with Gasteiger partial charge < -0.3 is 10.1 Å². The minimum absolute atomic E-state index is 0.0468. The van der Waals surface area contributed by atoms with E-state index in [9.17, 15) is 9.18 Å². The van der Waals surface area contributed by atoms with Crippen LogP contribution in [-0.2, 0) is 4.74 Å². The number of hydrogen-bond acceptors (Lipinski definition) is 4. The molecule has 0 atom stereocenters. The normalized spacial score (nSPS) is 11.2. The molecule has 0 radical (unpaired) electrons. The average Bonchev–Trinajstić information content (AvgIpc) is 2.47. The maximum absolute atomic E-state index is 14.4. The Hall–Kier alpha value is -1.92. The molecule has 23 heavy (non-hydrogen) atoms. The van der Waals surface area contributed by atoms with Gasteiger partial charge >= 0.3 is 5.97 Å². The summed E-state index contributed by atoms with van der Waals surface area (Å²) in [6.07, 6.45) is 1.34. The van der Waals surface area contributed by atoms with Crippen molar-refractivity contribution in [2.45, 2.75) is 19.6 Å². The Morgan fingerprint density at radius 3 is 2.52 bits per heavy atom. The zero-order valence-electron chi connectivity index (χ0n) is 13.4. The smallest absolute Gasteiger partial charge is 0.358 e. The average molecular weight is 353 g/mol. The number of esters is 1. The molecule has 0 amide bonds. The number of pyridine rings is 1. The molecular weight excluding hydrogens is 335 g/mol. The Labute approximate surface area is 140 Å². The highest BCUT2D eigenvalue weighted by Crippen LogP contribution is 2.25. The van der Waals surface area contributed by atoms with Crippen LogP contribution in [0.15, 0.2) is 30.5 Å². The van der Waals surface area contributed by atoms with E-state index in [4.69, 9.17) is 11.6 Å². The molecule has 0 aliphatic carbocycles. The van der Waals surface area contributed by atoms with Gasteiger partial charge in [0.25, 0.3) is 0 Å². The molecule has 1 N–H and O–H groups in total. The maximum atomic E-state index is 14.4. The summed E-state index contributed by atoms with van der Waals surface area (Å²) in [6, 6.07) is 6.59. The molecule has 0 saturated heterocycles. The lowest BCUT2D eigenvalue weighted by atomic mass is 10.2. The number of aromatic nitrogens is 1. The maximum Gasteiger partial charge on any atom is 0.358 e. The number of methoxy groups -OCH3 is 1. The first kappa shape index (κ1) is 17.4. The molecule has 0 aliphatic rings. The van der Waals surface area contributed by atoms with Gasteiger partial charge in [-0.25, -0.2) is 14.2 Å². The van der Waals surface area contributed by atoms with Gasteiger partial charge in [-0.3, -0.25) is 0 Å². The number of carbonyl (C=O) groups excluding carboxylic acids is 1. The Kier molecular flexibility index (Phi) is 5.06. The lowest BCUT2D eigenvalue weighted by Crippen LogP contribution is -2.37. The summed E-state index contributed by atoms with van der Waals surface area (Å²) >= 11 is 5.91. The van der Waals surface area contributed by atoms with Crippen LogP contribution in [0.2, 0.25) is 24.7 Å². The highest BCUT2D eigenvalue weighted by molar-refractivity contribution is 6.88. The van der Waals surface area contributed by atoms with Crippen molar-refractivity contribution in [2.24, 2.45) is 0 Å². The monoisotopic (exact) mass is 352 g/mol. The minimum Gasteiger partial charge on any atom is -0.464 e. The summed E-state index contributed by atoms with van der Waals surface area (Å²) in [5.41, 5.74) is 0.593. The van der Waals surface area contributed by atoms with Crippen LogP contribution in [0.3, 0.4) is 0 Å². The Morgan fingerprint density at radius 2 is 1.96 bits per heavy atom. The third-order valence-corrected chi connectivity index (χ3v) is 5.59. The van der Waals surface area contributed by atoms with Crippen molar-refractivity contribution >= 4 is 42.2 Å². The molecule has 122 valence electrons. The van der Waals surface area contributed by atoms with Crippen molar-refractivity contribution < 1.29 is 13.9 Å². The molecule has 4 nitrogen and oxygen atoms in total. The van der Waals surface area contributed by atoms with Crippen LogP contribution >= 0.6 is 11.6 Å². The van der Waals surface area contributed by atoms with Gasteiger partial charge in [0.1, 0.15) is 5.82 Å². The van der Waals surface area contributed by atoms with Crippen LogP contribution in [0, 0.1) is 5.82 Å². The number of nitrogens with zero attached hydrogens (tertiary/aromatic N) is 1. The first-order chi connectivity index (χ1) is 10.7. The molecule has 0 fully saturated rings. The van der Waals surface area contributed by atoms with Crippen molar-refractivity contribution in [2.75, 3.05) is 12.4 Å². The van der Waals surface area contributed by atoms with E-state index in [1.54, 1.807) is 6.07 Å². The topological polar surface area (TPSA) is 51.2 Å². The van der Waals surface area contributed by atoms with E-state index in [2.05, 4.69) is 34.7 Å². The molecular formula is C16H18ClFN2O2Si. The fourth-order valence-electron chi connectivity index (χ4n) is 2.02. The molecule has 1 heterocycles. The zero-order chi connectivity index (χ0) is 17.2. The summed E-state index contributed by atoms with van der Waals surface area (Å²) in [7, 11) is -0.343. The third-order valence-electron chi connectivity index (χ3n) is 3.34. The number of benzene rings is 1. The van der Waals surface area contributed by atoms with Gasteiger partial charge in [0.2, 0.25) is 0 Å². The third kappa shape index (κ3) is 4.08. The first-order valence-electron chi connectivity index (χ1n) is 7.03. The van der Waals surface area contributed by atoms with Crippen molar-refractivity contribution in [3.8, 4) is 0 Å². The molecule has 2 rings (SSSR count). The quantitative estimate of drug-likeness (QED) is 0.668. The van der Waals surface area contributed by atoms with Crippen LogP contribution in [0.4, 0.5) is 15.8 Å². The summed E-state index contributed by atoms with van der Waals surface area (Å²) in [5, 5.41) is 4.21. The number of hydrogen-bond donors (Lipinski definition) is 1. The van der Waals surface area contributed by atoms with Crippen LogP contribution in [0.1, 0.15) is 10.5 Å². The Morgan fingerprint density at radius 1 is 1.26 bits per heavy atom. The van der Waals surface area contributed by atoms with Gasteiger partial charge in [-0.05, 0) is 18.2 Å². The van der Waals surface area contributed by atoms with Crippen molar-refractivity contribution in [3.63, 3.8) is 0 Å². The van der Waals surface area contributed by atoms with Gasteiger partial charge in [0.15, 0.2) is 5.69 Å². The fourth-order valence-corrected chi connectivity index (χ4v) is 3.32. The zero-order valence-corrected chi connectivity index (χ0v) is 15.2. The van der Waals surface area contributed by atoms with E-state index in [0.717, 1.165) is 5.19 Å². The molecule has 0 bridgehead atoms. The van der Waals surface area contributed by atoms with E-state index in [-0.39, 0.29) is 17.2 Å². The number of halogens is 2. The predicted molar refractivity (Wildman–Crippen MR) is 93.2 cm³/mol. The lowest BCUT2D eigenvalue weighted by molar-refractivity contribution is 0.0595. The SMILES string of the molecule is COC(=O)c1ncc(Cl)cc1Nc1ccc([Si](C)(C)C)cc1F. The second-order valence-electron chi connectivity index (χ2n) is 6.11. The van der Waals surface area contributed by atoms with E-state index in [1.165, 1.54) is 25.4 Å². The standard InChI is InChI=1S/C16H18ClFN2O2Si/c1-22-16(21)15-14(7-10(17)9-19-15)20-13-6-5-11(8-12(13)18)23(2,3)4/h5-9,20H,1-4H3. The number of anilines is 2. The first-order valence-corrected chi connectivity index (χ1v) is 10.9. The summed E-state index contributed by atoms with van der Waals surface area (Å²) in [6.45, 7) is 6.43. The second kappa shape index (κ2) is 6.68.